The van der Waals surface area contributed by atoms with Gasteiger partial charge in [0.15, 0.2) is 0 Å². The second-order valence-corrected chi connectivity index (χ2v) is 6.10. The summed E-state index contributed by atoms with van der Waals surface area (Å²) in [5, 5.41) is 19.6. The van der Waals surface area contributed by atoms with Crippen molar-refractivity contribution >= 4 is 16.9 Å². The Hall–Kier alpha value is -2.68. The van der Waals surface area contributed by atoms with Crippen LogP contribution in [0, 0.1) is 0 Å². The number of anilines is 1. The normalized spacial score (nSPS) is 11.7. The number of nitrogens with two attached hydrogens (primary N) is 1. The largest absolute Gasteiger partial charge is 0.492 e. The van der Waals surface area contributed by atoms with Gasteiger partial charge in [0, 0.05) is 24.8 Å². The molecule has 0 saturated heterocycles. The molecule has 2 aromatic heterocycles. The number of aliphatic hydroxyl groups is 2. The van der Waals surface area contributed by atoms with Crippen molar-refractivity contribution in [3.63, 3.8) is 0 Å². The van der Waals surface area contributed by atoms with E-state index in [-0.39, 0.29) is 0 Å². The highest BCUT2D eigenvalue weighted by Gasteiger charge is 2.30. The van der Waals surface area contributed by atoms with Crippen molar-refractivity contribution in [2.45, 2.75) is 5.54 Å². The summed E-state index contributed by atoms with van der Waals surface area (Å²) in [4.78, 5) is 10.3. The number of aliphatic hydroxyl groups excluding tert-OH is 2. The molecule has 0 aliphatic rings. The molecule has 138 valence electrons. The lowest BCUT2D eigenvalue weighted by molar-refractivity contribution is 0.105. The van der Waals surface area contributed by atoms with Crippen LogP contribution < -0.4 is 15.4 Å². The van der Waals surface area contributed by atoms with Gasteiger partial charge in [-0.25, -0.2) is 9.97 Å². The SMILES string of the molecule is CN(CCOc1ccc2oc(C(N)(CO)CO)cc2c1)c1ncccn1. The Morgan fingerprint density at radius 3 is 2.62 bits per heavy atom. The third kappa shape index (κ3) is 3.77. The van der Waals surface area contributed by atoms with Gasteiger partial charge in [-0.05, 0) is 30.3 Å². The summed E-state index contributed by atoms with van der Waals surface area (Å²) in [5.41, 5.74) is 5.25. The van der Waals surface area contributed by atoms with Gasteiger partial charge in [-0.15, -0.1) is 0 Å². The van der Waals surface area contributed by atoms with Crippen LogP contribution in [0.3, 0.4) is 0 Å². The molecule has 8 heteroatoms. The van der Waals surface area contributed by atoms with E-state index in [1.165, 1.54) is 0 Å². The summed E-state index contributed by atoms with van der Waals surface area (Å²) in [6.07, 6.45) is 3.39. The lowest BCUT2D eigenvalue weighted by atomic mass is 10.00. The number of nitrogens with zero attached hydrogens (tertiary/aromatic N) is 3. The number of ether oxygens (including phenoxy) is 1. The number of hydrogen-bond acceptors (Lipinski definition) is 8. The minimum Gasteiger partial charge on any atom is -0.492 e. The molecule has 2 heterocycles. The van der Waals surface area contributed by atoms with Gasteiger partial charge >= 0.3 is 0 Å². The lowest BCUT2D eigenvalue weighted by Gasteiger charge is -2.21. The summed E-state index contributed by atoms with van der Waals surface area (Å²) in [6, 6.07) is 8.87. The molecule has 8 nitrogen and oxygen atoms in total. The molecule has 1 aromatic carbocycles. The lowest BCUT2D eigenvalue weighted by Crippen LogP contribution is -2.43. The summed E-state index contributed by atoms with van der Waals surface area (Å²) < 4.78 is 11.4. The maximum Gasteiger partial charge on any atom is 0.225 e. The van der Waals surface area contributed by atoms with Crippen LogP contribution in [0.4, 0.5) is 5.95 Å². The zero-order chi connectivity index (χ0) is 18.6. The molecule has 0 fully saturated rings. The first-order valence-electron chi connectivity index (χ1n) is 8.21. The van der Waals surface area contributed by atoms with Gasteiger partial charge in [0.2, 0.25) is 5.95 Å². The first-order chi connectivity index (χ1) is 12.6. The molecular weight excluding hydrogens is 336 g/mol. The third-order valence-corrected chi connectivity index (χ3v) is 4.13. The average Bonchev–Trinajstić information content (AvgIpc) is 3.12. The van der Waals surface area contributed by atoms with E-state index in [0.29, 0.717) is 36.2 Å². The molecule has 0 aliphatic carbocycles. The first-order valence-corrected chi connectivity index (χ1v) is 8.21. The highest BCUT2D eigenvalue weighted by molar-refractivity contribution is 5.79. The zero-order valence-corrected chi connectivity index (χ0v) is 14.5. The molecule has 0 saturated carbocycles. The Balaban J connectivity index is 1.66. The summed E-state index contributed by atoms with van der Waals surface area (Å²) >= 11 is 0. The van der Waals surface area contributed by atoms with Crippen molar-refractivity contribution in [1.29, 1.82) is 0 Å². The maximum atomic E-state index is 9.40. The van der Waals surface area contributed by atoms with Crippen LogP contribution in [0.5, 0.6) is 5.75 Å². The van der Waals surface area contributed by atoms with Gasteiger partial charge in [-0.3, -0.25) is 0 Å². The predicted octanol–water partition coefficient (Wildman–Crippen LogP) is 0.877. The molecule has 26 heavy (non-hydrogen) atoms. The molecule has 4 N–H and O–H groups in total. The van der Waals surface area contributed by atoms with Gasteiger partial charge in [0.25, 0.3) is 0 Å². The number of rotatable bonds is 8. The Kier molecular flexibility index (Phi) is 5.36. The van der Waals surface area contributed by atoms with Crippen LogP contribution in [-0.2, 0) is 5.54 Å². The van der Waals surface area contributed by atoms with Gasteiger partial charge in [0.05, 0.1) is 19.8 Å². The van der Waals surface area contributed by atoms with E-state index in [4.69, 9.17) is 14.9 Å². The fraction of sp³-hybridized carbons (Fsp3) is 0.333. The minimum atomic E-state index is -1.31. The summed E-state index contributed by atoms with van der Waals surface area (Å²) in [6.45, 7) is 0.250. The van der Waals surface area contributed by atoms with Crippen molar-refractivity contribution in [2.75, 3.05) is 38.3 Å². The van der Waals surface area contributed by atoms with Crippen LogP contribution in [0.25, 0.3) is 11.0 Å². The van der Waals surface area contributed by atoms with Gasteiger partial charge in [-0.2, -0.15) is 0 Å². The molecule has 0 amide bonds. The van der Waals surface area contributed by atoms with Crippen molar-refractivity contribution < 1.29 is 19.4 Å². The number of fused-ring (bicyclic) bond motifs is 1. The Morgan fingerprint density at radius 2 is 1.92 bits per heavy atom. The molecule has 0 spiro atoms. The van der Waals surface area contributed by atoms with Crippen molar-refractivity contribution in [2.24, 2.45) is 5.73 Å². The Bertz CT molecular complexity index is 849. The molecule has 0 unspecified atom stereocenters. The van der Waals surface area contributed by atoms with Gasteiger partial charge < -0.3 is 30.0 Å². The number of furan rings is 1. The van der Waals surface area contributed by atoms with Gasteiger partial charge in [0.1, 0.15) is 29.2 Å². The van der Waals surface area contributed by atoms with Crippen LogP contribution in [0.15, 0.2) is 47.1 Å². The van der Waals surface area contributed by atoms with Crippen molar-refractivity contribution in [3.05, 3.63) is 48.5 Å². The van der Waals surface area contributed by atoms with Crippen LogP contribution in [0.1, 0.15) is 5.76 Å². The van der Waals surface area contributed by atoms with Crippen molar-refractivity contribution in [1.82, 2.24) is 9.97 Å². The maximum absolute atomic E-state index is 9.40. The minimum absolute atomic E-state index is 0.329. The Morgan fingerprint density at radius 1 is 1.19 bits per heavy atom. The molecular formula is C18H22N4O4. The standard InChI is InChI=1S/C18H22N4O4/c1-22(17-20-5-2-6-21-17)7-8-25-14-3-4-15-13(9-14)10-16(26-15)18(19,11-23)12-24/h2-6,9-10,23-24H,7-8,11-12,19H2,1H3. The van der Waals surface area contributed by atoms with Crippen LogP contribution in [0.2, 0.25) is 0 Å². The van der Waals surface area contributed by atoms with E-state index >= 15 is 0 Å². The smallest absolute Gasteiger partial charge is 0.225 e. The third-order valence-electron chi connectivity index (χ3n) is 4.13. The highest BCUT2D eigenvalue weighted by atomic mass is 16.5. The van der Waals surface area contributed by atoms with Crippen LogP contribution >= 0.6 is 0 Å². The monoisotopic (exact) mass is 358 g/mol. The average molecular weight is 358 g/mol. The second-order valence-electron chi connectivity index (χ2n) is 6.10. The number of likely N-dealkylation sites (N-methyl/N-ethyl adjacent to an activating group) is 1. The van der Waals surface area contributed by atoms with E-state index in [0.717, 1.165) is 5.39 Å². The molecule has 0 aliphatic heterocycles. The number of hydrogen-bond donors (Lipinski definition) is 3. The highest BCUT2D eigenvalue weighted by Crippen LogP contribution is 2.29. The summed E-state index contributed by atoms with van der Waals surface area (Å²) in [7, 11) is 1.90. The van der Waals surface area contributed by atoms with E-state index < -0.39 is 18.8 Å². The molecule has 0 atom stereocenters. The molecule has 3 rings (SSSR count). The van der Waals surface area contributed by atoms with E-state index in [1.54, 1.807) is 36.7 Å². The predicted molar refractivity (Wildman–Crippen MR) is 97.0 cm³/mol. The fourth-order valence-electron chi connectivity index (χ4n) is 2.45. The van der Waals surface area contributed by atoms with E-state index in [2.05, 4.69) is 9.97 Å². The Labute approximate surface area is 150 Å². The van der Waals surface area contributed by atoms with Gasteiger partial charge in [-0.1, -0.05) is 0 Å². The topological polar surface area (TPSA) is 118 Å². The second kappa shape index (κ2) is 7.69. The zero-order valence-electron chi connectivity index (χ0n) is 14.5. The number of benzene rings is 1. The number of aromatic nitrogens is 2. The quantitative estimate of drug-likeness (QED) is 0.543. The van der Waals surface area contributed by atoms with Crippen molar-refractivity contribution in [3.8, 4) is 5.75 Å². The molecule has 0 radical (unpaired) electrons. The van der Waals surface area contributed by atoms with Crippen LogP contribution in [-0.4, -0.2) is 53.6 Å². The van der Waals surface area contributed by atoms with E-state index in [9.17, 15) is 10.2 Å². The van der Waals surface area contributed by atoms with E-state index in [1.807, 2.05) is 18.0 Å². The molecule has 3 aromatic rings. The fourth-order valence-corrected chi connectivity index (χ4v) is 2.45. The summed E-state index contributed by atoms with van der Waals surface area (Å²) in [5.74, 6) is 1.65. The first kappa shape index (κ1) is 18.1. The molecule has 0 bridgehead atoms.